The van der Waals surface area contributed by atoms with Gasteiger partial charge in [0.05, 0.1) is 36.1 Å². The summed E-state index contributed by atoms with van der Waals surface area (Å²) in [7, 11) is 1.40. The molecule has 2 aromatic rings. The molecule has 8 heteroatoms. The van der Waals surface area contributed by atoms with Crippen molar-refractivity contribution in [1.82, 2.24) is 5.43 Å². The molecular formula is C24H26N2O6. The molecular weight excluding hydrogens is 412 g/mol. The summed E-state index contributed by atoms with van der Waals surface area (Å²) < 4.78 is 5.26. The van der Waals surface area contributed by atoms with Crippen LogP contribution in [0.25, 0.3) is 0 Å². The molecule has 0 radical (unpaired) electrons. The second-order valence-corrected chi connectivity index (χ2v) is 8.43. The van der Waals surface area contributed by atoms with Gasteiger partial charge >= 0.3 is 0 Å². The summed E-state index contributed by atoms with van der Waals surface area (Å²) in [6.07, 6.45) is 1.22. The molecule has 4 N–H and O–H groups in total. The molecule has 0 bridgehead atoms. The SMILES string of the molecule is COc1cccc2c1C(=O)c1c(O)c3c(c(O)c1C2=O)C[C@@H](/C(CO)=N\NC(C)C)CC3. The zero-order valence-electron chi connectivity index (χ0n) is 18.2. The minimum Gasteiger partial charge on any atom is -0.507 e. The minimum absolute atomic E-state index is 0.0882. The molecule has 4 rings (SSSR count). The van der Waals surface area contributed by atoms with Crippen molar-refractivity contribution >= 4 is 17.3 Å². The number of benzene rings is 2. The number of phenols is 2. The van der Waals surface area contributed by atoms with Crippen LogP contribution in [0.3, 0.4) is 0 Å². The lowest BCUT2D eigenvalue weighted by molar-refractivity contribution is 0.0971. The summed E-state index contributed by atoms with van der Waals surface area (Å²) in [6, 6.07) is 4.78. The van der Waals surface area contributed by atoms with Gasteiger partial charge in [-0.15, -0.1) is 0 Å². The van der Waals surface area contributed by atoms with Gasteiger partial charge in [-0.25, -0.2) is 0 Å². The molecule has 0 fully saturated rings. The van der Waals surface area contributed by atoms with Gasteiger partial charge < -0.3 is 25.5 Å². The Labute approximate surface area is 185 Å². The standard InChI is InChI=1S/C24H26N2O6/c1-11(2)25-26-16(10-27)12-7-8-13-15(9-12)23(30)19-20(21(13)28)24(31)18-14(22(19)29)5-4-6-17(18)32-3/h4-6,11-12,25,27-28,30H,7-10H2,1-3H3/b26-16-/t12-/m0/s1. The highest BCUT2D eigenvalue weighted by Crippen LogP contribution is 2.47. The number of ketones is 2. The molecule has 8 nitrogen and oxygen atoms in total. The maximum atomic E-state index is 13.3. The Bertz CT molecular complexity index is 1150. The van der Waals surface area contributed by atoms with Crippen LogP contribution in [0.2, 0.25) is 0 Å². The summed E-state index contributed by atoms with van der Waals surface area (Å²) in [4.78, 5) is 26.6. The lowest BCUT2D eigenvalue weighted by Gasteiger charge is -2.30. The lowest BCUT2D eigenvalue weighted by atomic mass is 9.74. The van der Waals surface area contributed by atoms with Gasteiger partial charge in [0, 0.05) is 28.7 Å². The van der Waals surface area contributed by atoms with Gasteiger partial charge in [0.2, 0.25) is 5.78 Å². The van der Waals surface area contributed by atoms with Crippen LogP contribution in [-0.4, -0.2) is 52.4 Å². The third-order valence-corrected chi connectivity index (χ3v) is 6.12. The monoisotopic (exact) mass is 438 g/mol. The predicted molar refractivity (Wildman–Crippen MR) is 118 cm³/mol. The Kier molecular flexibility index (Phi) is 5.64. The van der Waals surface area contributed by atoms with Crippen LogP contribution in [0.5, 0.6) is 17.2 Å². The van der Waals surface area contributed by atoms with Crippen molar-refractivity contribution in [3.63, 3.8) is 0 Å². The van der Waals surface area contributed by atoms with E-state index >= 15 is 0 Å². The molecule has 0 amide bonds. The Balaban J connectivity index is 1.83. The number of aliphatic hydroxyl groups excluding tert-OH is 1. The van der Waals surface area contributed by atoms with Gasteiger partial charge in [-0.1, -0.05) is 12.1 Å². The van der Waals surface area contributed by atoms with Crippen LogP contribution in [0.1, 0.15) is 63.2 Å². The van der Waals surface area contributed by atoms with Crippen LogP contribution in [0.15, 0.2) is 23.3 Å². The molecule has 2 aliphatic carbocycles. The van der Waals surface area contributed by atoms with Crippen molar-refractivity contribution in [2.24, 2.45) is 11.0 Å². The lowest BCUT2D eigenvalue weighted by Crippen LogP contribution is -2.30. The van der Waals surface area contributed by atoms with Crippen molar-refractivity contribution in [1.29, 1.82) is 0 Å². The maximum absolute atomic E-state index is 13.3. The quantitative estimate of drug-likeness (QED) is 0.273. The first-order valence-corrected chi connectivity index (χ1v) is 10.6. The minimum atomic E-state index is -0.552. The Morgan fingerprint density at radius 3 is 2.47 bits per heavy atom. The number of phenolic OH excluding ortho intramolecular Hbond substituents is 2. The average molecular weight is 438 g/mol. The smallest absolute Gasteiger partial charge is 0.202 e. The topological polar surface area (TPSA) is 128 Å². The van der Waals surface area contributed by atoms with Crippen molar-refractivity contribution in [3.05, 3.63) is 51.6 Å². The molecule has 0 spiro atoms. The molecule has 0 unspecified atom stereocenters. The predicted octanol–water partition coefficient (Wildman–Crippen LogP) is 2.33. The van der Waals surface area contributed by atoms with E-state index in [1.165, 1.54) is 13.2 Å². The highest BCUT2D eigenvalue weighted by molar-refractivity contribution is 6.31. The molecule has 2 aliphatic rings. The molecule has 0 aromatic heterocycles. The second kappa shape index (κ2) is 8.27. The van der Waals surface area contributed by atoms with Gasteiger partial charge in [0.15, 0.2) is 5.78 Å². The first-order chi connectivity index (χ1) is 15.3. The van der Waals surface area contributed by atoms with E-state index in [0.29, 0.717) is 29.7 Å². The van der Waals surface area contributed by atoms with Crippen molar-refractivity contribution in [2.45, 2.75) is 39.2 Å². The van der Waals surface area contributed by atoms with Crippen LogP contribution in [0, 0.1) is 5.92 Å². The number of aliphatic hydroxyl groups is 1. The molecule has 0 heterocycles. The zero-order chi connectivity index (χ0) is 23.2. The van der Waals surface area contributed by atoms with E-state index in [9.17, 15) is 24.9 Å². The number of methoxy groups -OCH3 is 1. The number of nitrogens with zero attached hydrogens (tertiary/aromatic N) is 1. The van der Waals surface area contributed by atoms with Crippen molar-refractivity contribution < 1.29 is 29.6 Å². The molecule has 0 saturated heterocycles. The fourth-order valence-corrected chi connectivity index (χ4v) is 4.56. The number of nitrogens with one attached hydrogen (secondary N) is 1. The maximum Gasteiger partial charge on any atom is 0.202 e. The summed E-state index contributed by atoms with van der Waals surface area (Å²) in [5.41, 5.74) is 4.19. The van der Waals surface area contributed by atoms with E-state index in [0.717, 1.165) is 0 Å². The fraction of sp³-hybridized carbons (Fsp3) is 0.375. The molecule has 168 valence electrons. The van der Waals surface area contributed by atoms with Crippen molar-refractivity contribution in [3.8, 4) is 17.2 Å². The van der Waals surface area contributed by atoms with E-state index in [1.807, 2.05) is 13.8 Å². The highest BCUT2D eigenvalue weighted by atomic mass is 16.5. The van der Waals surface area contributed by atoms with E-state index in [4.69, 9.17) is 4.74 Å². The number of hydrogen-bond acceptors (Lipinski definition) is 8. The van der Waals surface area contributed by atoms with Gasteiger partial charge in [0.25, 0.3) is 0 Å². The van der Waals surface area contributed by atoms with E-state index in [-0.39, 0.29) is 64.5 Å². The summed E-state index contributed by atoms with van der Waals surface area (Å²) in [5, 5.41) is 36.2. The zero-order valence-corrected chi connectivity index (χ0v) is 18.2. The number of fused-ring (bicyclic) bond motifs is 3. The first kappa shape index (κ1) is 21.8. The number of carbonyl (C=O) groups excluding carboxylic acids is 2. The Morgan fingerprint density at radius 1 is 1.12 bits per heavy atom. The van der Waals surface area contributed by atoms with Gasteiger partial charge in [-0.2, -0.15) is 5.10 Å². The van der Waals surface area contributed by atoms with Crippen molar-refractivity contribution in [2.75, 3.05) is 13.7 Å². The number of hydrogen-bond donors (Lipinski definition) is 4. The molecule has 32 heavy (non-hydrogen) atoms. The Hall–Kier alpha value is -3.39. The molecule has 0 saturated carbocycles. The highest BCUT2D eigenvalue weighted by Gasteiger charge is 2.40. The van der Waals surface area contributed by atoms with E-state index in [1.54, 1.807) is 12.1 Å². The van der Waals surface area contributed by atoms with Gasteiger partial charge in [0.1, 0.15) is 17.2 Å². The summed E-state index contributed by atoms with van der Waals surface area (Å²) in [5.74, 6) is -1.59. The average Bonchev–Trinajstić information content (AvgIpc) is 2.79. The number of ether oxygens (including phenoxy) is 1. The van der Waals surface area contributed by atoms with E-state index < -0.39 is 11.6 Å². The summed E-state index contributed by atoms with van der Waals surface area (Å²) >= 11 is 0. The van der Waals surface area contributed by atoms with Crippen LogP contribution >= 0.6 is 0 Å². The molecule has 0 aliphatic heterocycles. The van der Waals surface area contributed by atoms with Crippen LogP contribution < -0.4 is 10.2 Å². The second-order valence-electron chi connectivity index (χ2n) is 8.43. The first-order valence-electron chi connectivity index (χ1n) is 10.6. The molecule has 1 atom stereocenters. The molecule has 2 aromatic carbocycles. The van der Waals surface area contributed by atoms with Gasteiger partial charge in [-0.3, -0.25) is 9.59 Å². The normalized spacial score (nSPS) is 17.7. The van der Waals surface area contributed by atoms with E-state index in [2.05, 4.69) is 10.5 Å². The largest absolute Gasteiger partial charge is 0.507 e. The number of carbonyl (C=O) groups is 2. The number of rotatable bonds is 5. The summed E-state index contributed by atoms with van der Waals surface area (Å²) in [6.45, 7) is 3.61. The number of aromatic hydroxyl groups is 2. The number of hydrazone groups is 1. The van der Waals surface area contributed by atoms with Gasteiger partial charge in [-0.05, 0) is 39.2 Å². The van der Waals surface area contributed by atoms with Crippen LogP contribution in [-0.2, 0) is 12.8 Å². The Morgan fingerprint density at radius 2 is 1.81 bits per heavy atom. The van der Waals surface area contributed by atoms with Crippen LogP contribution in [0.4, 0.5) is 0 Å². The third-order valence-electron chi connectivity index (χ3n) is 6.12. The fourth-order valence-electron chi connectivity index (χ4n) is 4.56. The third kappa shape index (κ3) is 3.31.